The molecule has 2 aromatic carbocycles. The first-order chi connectivity index (χ1) is 13.7. The zero-order valence-electron chi connectivity index (χ0n) is 15.6. The van der Waals surface area contributed by atoms with Crippen molar-refractivity contribution in [2.45, 2.75) is 18.2 Å². The second-order valence-corrected chi connectivity index (χ2v) is 8.34. The normalized spacial score (nSPS) is 11.9. The van der Waals surface area contributed by atoms with E-state index in [1.807, 2.05) is 0 Å². The average Bonchev–Trinajstić information content (AvgIpc) is 3.03. The molecule has 3 N–H and O–H groups in total. The van der Waals surface area contributed by atoms with E-state index in [0.29, 0.717) is 6.42 Å². The van der Waals surface area contributed by atoms with Gasteiger partial charge in [-0.1, -0.05) is 13.0 Å². The van der Waals surface area contributed by atoms with Crippen molar-refractivity contribution in [2.75, 3.05) is 13.6 Å². The third-order valence-corrected chi connectivity index (χ3v) is 6.17. The van der Waals surface area contributed by atoms with Gasteiger partial charge in [-0.25, -0.2) is 31.6 Å². The van der Waals surface area contributed by atoms with Gasteiger partial charge in [-0.05, 0) is 30.7 Å². The Hall–Kier alpha value is -3.18. The van der Waals surface area contributed by atoms with Crippen LogP contribution in [0.15, 0.2) is 46.1 Å². The first-order valence-corrected chi connectivity index (χ1v) is 10.1. The van der Waals surface area contributed by atoms with Gasteiger partial charge in [0.1, 0.15) is 22.2 Å². The number of phenolic OH excluding ortho intramolecular Hbond substituents is 2. The molecule has 0 aliphatic carbocycles. The third-order valence-electron chi connectivity index (χ3n) is 4.28. The molecule has 0 atom stereocenters. The molecule has 0 unspecified atom stereocenters. The van der Waals surface area contributed by atoms with Crippen LogP contribution in [-0.4, -0.2) is 51.3 Å². The van der Waals surface area contributed by atoms with E-state index in [2.05, 4.69) is 10.2 Å². The van der Waals surface area contributed by atoms with Crippen molar-refractivity contribution in [1.29, 1.82) is 0 Å². The Bertz CT molecular complexity index is 1220. The molecule has 9 nitrogen and oxygen atoms in total. The highest BCUT2D eigenvalue weighted by atomic mass is 32.2. The van der Waals surface area contributed by atoms with Gasteiger partial charge in [0.15, 0.2) is 5.82 Å². The summed E-state index contributed by atoms with van der Waals surface area (Å²) in [4.78, 5) is 11.8. The van der Waals surface area contributed by atoms with Crippen molar-refractivity contribution < 1.29 is 23.0 Å². The lowest BCUT2D eigenvalue weighted by Crippen LogP contribution is -2.27. The van der Waals surface area contributed by atoms with Crippen LogP contribution in [0.2, 0.25) is 0 Å². The molecule has 0 amide bonds. The van der Waals surface area contributed by atoms with Crippen molar-refractivity contribution in [1.82, 2.24) is 19.1 Å². The minimum Gasteiger partial charge on any atom is -0.507 e. The number of aromatic amines is 1. The molecule has 1 aromatic heterocycles. The molecule has 0 saturated carbocycles. The highest BCUT2D eigenvalue weighted by Crippen LogP contribution is 2.37. The van der Waals surface area contributed by atoms with Gasteiger partial charge in [-0.2, -0.15) is 5.10 Å². The van der Waals surface area contributed by atoms with Crippen LogP contribution >= 0.6 is 0 Å². The van der Waals surface area contributed by atoms with Crippen molar-refractivity contribution in [3.63, 3.8) is 0 Å². The van der Waals surface area contributed by atoms with Crippen molar-refractivity contribution in [3.05, 3.63) is 52.7 Å². The zero-order valence-corrected chi connectivity index (χ0v) is 16.4. The fourth-order valence-electron chi connectivity index (χ4n) is 2.88. The minimum atomic E-state index is -4.07. The molecule has 29 heavy (non-hydrogen) atoms. The largest absolute Gasteiger partial charge is 0.507 e. The number of hydrogen-bond donors (Lipinski definition) is 3. The third kappa shape index (κ3) is 3.74. The van der Waals surface area contributed by atoms with E-state index in [1.165, 1.54) is 25.2 Å². The van der Waals surface area contributed by atoms with Gasteiger partial charge in [0.25, 0.3) is 0 Å². The number of phenols is 2. The predicted octanol–water partition coefficient (Wildman–Crippen LogP) is 1.81. The van der Waals surface area contributed by atoms with E-state index >= 15 is 0 Å². The second-order valence-electron chi connectivity index (χ2n) is 6.33. The van der Waals surface area contributed by atoms with Gasteiger partial charge in [-0.3, -0.25) is 0 Å². The molecule has 0 aliphatic heterocycles. The lowest BCUT2D eigenvalue weighted by atomic mass is 10.1. The lowest BCUT2D eigenvalue weighted by Gasteiger charge is -2.18. The smallest absolute Gasteiger partial charge is 0.348 e. The maximum absolute atomic E-state index is 13.6. The number of benzene rings is 2. The topological polar surface area (TPSA) is 129 Å². The molecule has 154 valence electrons. The Labute approximate surface area is 165 Å². The highest BCUT2D eigenvalue weighted by Gasteiger charge is 2.27. The standard InChI is InChI=1S/C18H19FN4O5S/c1-3-7-22(2)29(27,28)16-9-13(14(24)10-15(16)25)17-20-21-18(26)23(17)12-6-4-5-11(19)8-12/h4-6,8-10,24-25H,3,7H2,1-2H3,(H,21,26). The summed E-state index contributed by atoms with van der Waals surface area (Å²) in [6.45, 7) is 2.02. The van der Waals surface area contributed by atoms with E-state index < -0.39 is 37.9 Å². The minimum absolute atomic E-state index is 0.124. The van der Waals surface area contributed by atoms with Crippen LogP contribution in [0.1, 0.15) is 13.3 Å². The summed E-state index contributed by atoms with van der Waals surface area (Å²) in [5.74, 6) is -1.89. The number of nitrogens with one attached hydrogen (secondary N) is 1. The van der Waals surface area contributed by atoms with Crippen LogP contribution in [0.5, 0.6) is 11.5 Å². The van der Waals surface area contributed by atoms with Crippen molar-refractivity contribution in [2.24, 2.45) is 0 Å². The lowest BCUT2D eigenvalue weighted by molar-refractivity contribution is 0.430. The maximum atomic E-state index is 13.6. The molecule has 0 fully saturated rings. The fourth-order valence-corrected chi connectivity index (χ4v) is 4.23. The number of sulfonamides is 1. The SMILES string of the molecule is CCCN(C)S(=O)(=O)c1cc(-c2n[nH]c(=O)n2-c2cccc(F)c2)c(O)cc1O. The summed E-state index contributed by atoms with van der Waals surface area (Å²) in [7, 11) is -2.71. The molecular formula is C18H19FN4O5S. The Morgan fingerprint density at radius 3 is 2.59 bits per heavy atom. The highest BCUT2D eigenvalue weighted by molar-refractivity contribution is 7.89. The molecular weight excluding hydrogens is 403 g/mol. The monoisotopic (exact) mass is 422 g/mol. The molecule has 3 aromatic rings. The molecule has 0 bridgehead atoms. The van der Waals surface area contributed by atoms with Crippen molar-refractivity contribution >= 4 is 10.0 Å². The number of nitrogens with zero attached hydrogens (tertiary/aromatic N) is 3. The van der Waals surface area contributed by atoms with Gasteiger partial charge in [-0.15, -0.1) is 0 Å². The summed E-state index contributed by atoms with van der Waals surface area (Å²) in [5.41, 5.74) is -0.724. The van der Waals surface area contributed by atoms with Crippen LogP contribution in [0, 0.1) is 5.82 Å². The zero-order chi connectivity index (χ0) is 21.3. The Kier molecular flexibility index (Phi) is 5.44. The van der Waals surface area contributed by atoms with E-state index in [0.717, 1.165) is 27.1 Å². The molecule has 1 heterocycles. The molecule has 0 spiro atoms. The molecule has 0 saturated heterocycles. The maximum Gasteiger partial charge on any atom is 0.348 e. The van der Waals surface area contributed by atoms with Gasteiger partial charge in [0.05, 0.1) is 11.3 Å². The van der Waals surface area contributed by atoms with Gasteiger partial charge < -0.3 is 10.2 Å². The number of rotatable bonds is 6. The summed E-state index contributed by atoms with van der Waals surface area (Å²) in [6, 6.07) is 7.01. The fraction of sp³-hybridized carbons (Fsp3) is 0.222. The summed E-state index contributed by atoms with van der Waals surface area (Å²) in [5, 5.41) is 26.5. The van der Waals surface area contributed by atoms with Gasteiger partial charge in [0, 0.05) is 19.7 Å². The number of H-pyrrole nitrogens is 1. The van der Waals surface area contributed by atoms with E-state index in [4.69, 9.17) is 0 Å². The Balaban J connectivity index is 2.23. The van der Waals surface area contributed by atoms with E-state index in [9.17, 15) is 27.8 Å². The van der Waals surface area contributed by atoms with Crippen LogP contribution in [-0.2, 0) is 10.0 Å². The molecule has 3 rings (SSSR count). The Morgan fingerprint density at radius 1 is 1.21 bits per heavy atom. The van der Waals surface area contributed by atoms with Crippen LogP contribution in [0.25, 0.3) is 17.1 Å². The number of aromatic hydroxyl groups is 2. The molecule has 0 aliphatic rings. The first-order valence-electron chi connectivity index (χ1n) is 8.63. The number of aromatic nitrogens is 3. The molecule has 0 radical (unpaired) electrons. The van der Waals surface area contributed by atoms with Crippen LogP contribution in [0.3, 0.4) is 0 Å². The van der Waals surface area contributed by atoms with E-state index in [-0.39, 0.29) is 23.6 Å². The number of halogens is 1. The van der Waals surface area contributed by atoms with Gasteiger partial charge >= 0.3 is 5.69 Å². The van der Waals surface area contributed by atoms with E-state index in [1.54, 1.807) is 6.92 Å². The Morgan fingerprint density at radius 2 is 1.93 bits per heavy atom. The quantitative estimate of drug-likeness (QED) is 0.556. The van der Waals surface area contributed by atoms with Crippen LogP contribution in [0.4, 0.5) is 4.39 Å². The first kappa shape index (κ1) is 20.6. The summed E-state index contributed by atoms with van der Waals surface area (Å²) in [6.07, 6.45) is 0.555. The van der Waals surface area contributed by atoms with Crippen molar-refractivity contribution in [3.8, 4) is 28.6 Å². The van der Waals surface area contributed by atoms with Crippen LogP contribution < -0.4 is 5.69 Å². The summed E-state index contributed by atoms with van der Waals surface area (Å²) < 4.78 is 41.2. The number of hydrogen-bond acceptors (Lipinski definition) is 6. The summed E-state index contributed by atoms with van der Waals surface area (Å²) >= 11 is 0. The predicted molar refractivity (Wildman–Crippen MR) is 103 cm³/mol. The average molecular weight is 422 g/mol. The van der Waals surface area contributed by atoms with Gasteiger partial charge in [0.2, 0.25) is 10.0 Å². The second kappa shape index (κ2) is 7.68. The molecule has 11 heteroatoms.